The van der Waals surface area contributed by atoms with Crippen molar-refractivity contribution < 1.29 is 36.2 Å². The summed E-state index contributed by atoms with van der Waals surface area (Å²) in [6, 6.07) is 0. The maximum absolute atomic E-state index is 9.64. The number of hydrogen-bond donors (Lipinski definition) is 4. The predicted molar refractivity (Wildman–Crippen MR) is 46.7 cm³/mol. The molecule has 0 spiro atoms. The summed E-state index contributed by atoms with van der Waals surface area (Å²) in [4.78, 5) is 0. The molecule has 0 bridgehead atoms. The monoisotopic (exact) mass is 252 g/mol. The van der Waals surface area contributed by atoms with E-state index in [1.807, 2.05) is 0 Å². The Labute approximate surface area is 81.7 Å². The average Bonchev–Trinajstić information content (AvgIpc) is 1.82. The highest BCUT2D eigenvalue weighted by Gasteiger charge is 2.10. The van der Waals surface area contributed by atoms with Crippen LogP contribution in [0.15, 0.2) is 0 Å². The second-order valence-electron chi connectivity index (χ2n) is 2.12. The van der Waals surface area contributed by atoms with Gasteiger partial charge in [-0.2, -0.15) is 16.8 Å². The van der Waals surface area contributed by atoms with Crippen molar-refractivity contribution in [3.05, 3.63) is 0 Å². The highest BCUT2D eigenvalue weighted by Crippen LogP contribution is 1.88. The largest absolute Gasteiger partial charge is 0.395 e. The van der Waals surface area contributed by atoms with Gasteiger partial charge in [-0.15, -0.1) is 0 Å². The third-order valence-corrected chi connectivity index (χ3v) is 2.34. The zero-order chi connectivity index (χ0) is 12.0. The molecule has 0 aliphatic heterocycles. The minimum Gasteiger partial charge on any atom is -0.395 e. The lowest BCUT2D eigenvalue weighted by molar-refractivity contribution is 0.252. The molecule has 0 aliphatic rings. The molecule has 1 unspecified atom stereocenters. The Morgan fingerprint density at radius 3 is 1.43 bits per heavy atom. The average molecular weight is 252 g/mol. The van der Waals surface area contributed by atoms with Gasteiger partial charge in [-0.25, -0.2) is 0 Å². The van der Waals surface area contributed by atoms with E-state index in [1.54, 1.807) is 0 Å². The lowest BCUT2D eigenvalue weighted by atomic mass is 10.9. The molecule has 0 aromatic heterocycles. The molecule has 0 amide bonds. The fourth-order valence-corrected chi connectivity index (χ4v) is 0.346. The van der Waals surface area contributed by atoms with E-state index in [9.17, 15) is 16.8 Å². The lowest BCUT2D eigenvalue weighted by Crippen LogP contribution is -2.14. The predicted octanol–water partition coefficient (Wildman–Crippen LogP) is -1.92. The molecule has 0 radical (unpaired) electrons. The van der Waals surface area contributed by atoms with Gasteiger partial charge in [0, 0.05) is 0 Å². The van der Waals surface area contributed by atoms with Crippen molar-refractivity contribution in [1.29, 1.82) is 0 Å². The number of rotatable bonds is 3. The minimum absolute atomic E-state index is 0.529. The van der Waals surface area contributed by atoms with Crippen molar-refractivity contribution in [3.8, 4) is 0 Å². The van der Waals surface area contributed by atoms with Crippen molar-refractivity contribution >= 4 is 20.2 Å². The first kappa shape index (κ1) is 16.2. The van der Waals surface area contributed by atoms with Gasteiger partial charge in [-0.3, -0.25) is 9.11 Å². The van der Waals surface area contributed by atoms with Crippen LogP contribution in [0.1, 0.15) is 6.92 Å². The van der Waals surface area contributed by atoms with Crippen LogP contribution in [0.2, 0.25) is 0 Å². The van der Waals surface area contributed by atoms with Gasteiger partial charge in [-0.05, 0) is 6.92 Å². The molecule has 8 nitrogen and oxygen atoms in total. The summed E-state index contributed by atoms with van der Waals surface area (Å²) >= 11 is 0. The molecule has 0 saturated heterocycles. The fraction of sp³-hybridized carbons (Fsp3) is 1.00. The third kappa shape index (κ3) is 14.3. The van der Waals surface area contributed by atoms with Gasteiger partial charge in [0.15, 0.2) is 5.44 Å². The standard InChI is InChI=1S/2C2H6O4S/c1-2(3)7(4,5)6;3-1-2-7(4,5)6/h2-3H,1H3,(H,4,5,6);3H,1-2H2,(H,4,5,6). The molecule has 0 aliphatic carbocycles. The van der Waals surface area contributed by atoms with Crippen LogP contribution in [-0.4, -0.2) is 53.9 Å². The van der Waals surface area contributed by atoms with Crippen LogP contribution in [0.3, 0.4) is 0 Å². The molecule has 0 aromatic rings. The van der Waals surface area contributed by atoms with Gasteiger partial charge in [0.05, 0.1) is 12.4 Å². The van der Waals surface area contributed by atoms with E-state index in [0.29, 0.717) is 0 Å². The van der Waals surface area contributed by atoms with E-state index in [-0.39, 0.29) is 0 Å². The zero-order valence-electron chi connectivity index (χ0n) is 7.23. The van der Waals surface area contributed by atoms with Crippen LogP contribution >= 0.6 is 0 Å². The van der Waals surface area contributed by atoms with Crippen molar-refractivity contribution in [2.45, 2.75) is 12.4 Å². The first-order chi connectivity index (χ1) is 6.00. The molecule has 14 heavy (non-hydrogen) atoms. The Balaban J connectivity index is 0. The fourth-order valence-electron chi connectivity index (χ4n) is 0.115. The molecule has 0 rings (SSSR count). The van der Waals surface area contributed by atoms with Gasteiger partial charge in [0.2, 0.25) is 0 Å². The first-order valence-corrected chi connectivity index (χ1v) is 6.32. The highest BCUT2D eigenvalue weighted by molar-refractivity contribution is 7.86. The van der Waals surface area contributed by atoms with Gasteiger partial charge in [-0.1, -0.05) is 0 Å². The van der Waals surface area contributed by atoms with Gasteiger partial charge in [0.1, 0.15) is 0 Å². The summed E-state index contributed by atoms with van der Waals surface area (Å²) in [5, 5.41) is 15.9. The molecule has 0 heterocycles. The second-order valence-corrected chi connectivity index (χ2v) is 5.41. The maximum Gasteiger partial charge on any atom is 0.291 e. The molecule has 1 atom stereocenters. The summed E-state index contributed by atoms with van der Waals surface area (Å²) < 4.78 is 54.2. The van der Waals surface area contributed by atoms with Crippen LogP contribution in [0.25, 0.3) is 0 Å². The Hall–Kier alpha value is -0.260. The van der Waals surface area contributed by atoms with Gasteiger partial charge < -0.3 is 10.2 Å². The molecular formula is C4H12O8S2. The van der Waals surface area contributed by atoms with Crippen LogP contribution < -0.4 is 0 Å². The molecular weight excluding hydrogens is 240 g/mol. The molecule has 88 valence electrons. The Morgan fingerprint density at radius 2 is 1.43 bits per heavy atom. The summed E-state index contributed by atoms with van der Waals surface area (Å²) in [5.74, 6) is -0.576. The second kappa shape index (κ2) is 6.27. The van der Waals surface area contributed by atoms with Gasteiger partial charge >= 0.3 is 0 Å². The molecule has 0 fully saturated rings. The van der Waals surface area contributed by atoms with E-state index in [1.165, 1.54) is 0 Å². The molecule has 0 aromatic carbocycles. The first-order valence-electron chi connectivity index (χ1n) is 3.21. The van der Waals surface area contributed by atoms with E-state index in [2.05, 4.69) is 0 Å². The normalized spacial score (nSPS) is 14.1. The smallest absolute Gasteiger partial charge is 0.291 e. The van der Waals surface area contributed by atoms with Crippen LogP contribution in [0.5, 0.6) is 0 Å². The number of aliphatic hydroxyl groups excluding tert-OH is 2. The van der Waals surface area contributed by atoms with E-state index in [4.69, 9.17) is 19.3 Å². The van der Waals surface area contributed by atoms with E-state index >= 15 is 0 Å². The van der Waals surface area contributed by atoms with Crippen molar-refractivity contribution in [1.82, 2.24) is 0 Å². The Bertz CT molecular complexity index is 324. The Kier molecular flexibility index (Phi) is 7.24. The zero-order valence-corrected chi connectivity index (χ0v) is 8.86. The number of aliphatic hydroxyl groups is 2. The van der Waals surface area contributed by atoms with Crippen LogP contribution in [0, 0.1) is 0 Å². The van der Waals surface area contributed by atoms with Crippen molar-refractivity contribution in [2.75, 3.05) is 12.4 Å². The van der Waals surface area contributed by atoms with E-state index < -0.39 is 38.0 Å². The summed E-state index contributed by atoms with van der Waals surface area (Å²) in [6.07, 6.45) is 0. The lowest BCUT2D eigenvalue weighted by Gasteiger charge is -1.94. The molecule has 0 saturated carbocycles. The van der Waals surface area contributed by atoms with E-state index in [0.717, 1.165) is 6.92 Å². The Morgan fingerprint density at radius 1 is 1.14 bits per heavy atom. The number of hydrogen-bond acceptors (Lipinski definition) is 6. The van der Waals surface area contributed by atoms with Crippen LogP contribution in [0.4, 0.5) is 0 Å². The third-order valence-electron chi connectivity index (χ3n) is 0.780. The SMILES string of the molecule is CC(O)S(=O)(=O)O.O=S(=O)(O)CCO. The summed E-state index contributed by atoms with van der Waals surface area (Å²) in [6.45, 7) is 0.439. The topological polar surface area (TPSA) is 149 Å². The molecule has 4 N–H and O–H groups in total. The maximum atomic E-state index is 9.64. The van der Waals surface area contributed by atoms with Crippen molar-refractivity contribution in [3.63, 3.8) is 0 Å². The highest BCUT2D eigenvalue weighted by atomic mass is 32.2. The minimum atomic E-state index is -4.19. The van der Waals surface area contributed by atoms with Crippen LogP contribution in [-0.2, 0) is 20.2 Å². The van der Waals surface area contributed by atoms with Crippen molar-refractivity contribution in [2.24, 2.45) is 0 Å². The molecule has 10 heteroatoms. The van der Waals surface area contributed by atoms with Gasteiger partial charge in [0.25, 0.3) is 20.2 Å². The summed E-state index contributed by atoms with van der Waals surface area (Å²) in [5.41, 5.74) is -1.67. The quantitative estimate of drug-likeness (QED) is 0.424. The summed E-state index contributed by atoms with van der Waals surface area (Å²) in [7, 11) is -8.11.